The van der Waals surface area contributed by atoms with E-state index in [9.17, 15) is 9.59 Å². The molecular formula is C15H20N2O3. The van der Waals surface area contributed by atoms with Gasteiger partial charge in [0.15, 0.2) is 5.78 Å². The third-order valence-corrected chi connectivity index (χ3v) is 3.52. The molecule has 0 aliphatic carbocycles. The van der Waals surface area contributed by atoms with E-state index in [0.29, 0.717) is 13.1 Å². The predicted octanol–water partition coefficient (Wildman–Crippen LogP) is 1.61. The molecule has 1 saturated heterocycles. The first-order valence-corrected chi connectivity index (χ1v) is 6.75. The number of nitrogens with zero attached hydrogens (tertiary/aromatic N) is 1. The Balaban J connectivity index is 1.84. The molecule has 108 valence electrons. The summed E-state index contributed by atoms with van der Waals surface area (Å²) < 4.78 is 4.57. The van der Waals surface area contributed by atoms with Crippen LogP contribution in [-0.4, -0.2) is 49.6 Å². The number of carbonyl (C=O) groups excluding carboxylic acids is 2. The second-order valence-corrected chi connectivity index (χ2v) is 5.15. The maximum atomic E-state index is 12.1. The number of methoxy groups -OCH3 is 1. The maximum Gasteiger partial charge on any atom is 0.407 e. The van der Waals surface area contributed by atoms with Gasteiger partial charge in [0.1, 0.15) is 0 Å². The van der Waals surface area contributed by atoms with Gasteiger partial charge in [0.25, 0.3) is 0 Å². The molecule has 1 unspecified atom stereocenters. The summed E-state index contributed by atoms with van der Waals surface area (Å²) in [5, 5.41) is 2.76. The minimum absolute atomic E-state index is 0.0632. The first-order valence-electron chi connectivity index (χ1n) is 6.75. The second kappa shape index (κ2) is 6.52. The van der Waals surface area contributed by atoms with Crippen molar-refractivity contribution in [2.75, 3.05) is 26.7 Å². The summed E-state index contributed by atoms with van der Waals surface area (Å²) in [5.74, 6) is 0.115. The molecule has 0 spiro atoms. The SMILES string of the molecule is COC(=O)NC1CCN(CC(=O)c2ccc(C)cc2)C1. The van der Waals surface area contributed by atoms with Gasteiger partial charge in [-0.15, -0.1) is 0 Å². The standard InChI is InChI=1S/C15H20N2O3/c1-11-3-5-12(6-4-11)14(18)10-17-8-7-13(9-17)16-15(19)20-2/h3-6,13H,7-10H2,1-2H3,(H,16,19). The number of amides is 1. The molecule has 1 N–H and O–H groups in total. The van der Waals surface area contributed by atoms with Crippen molar-refractivity contribution in [1.29, 1.82) is 0 Å². The van der Waals surface area contributed by atoms with E-state index in [2.05, 4.69) is 15.0 Å². The van der Waals surface area contributed by atoms with Crippen LogP contribution in [0, 0.1) is 6.92 Å². The summed E-state index contributed by atoms with van der Waals surface area (Å²) in [6.45, 7) is 3.89. The fraction of sp³-hybridized carbons (Fsp3) is 0.467. The zero-order valence-corrected chi connectivity index (χ0v) is 11.9. The average molecular weight is 276 g/mol. The van der Waals surface area contributed by atoms with Crippen LogP contribution in [0.2, 0.25) is 0 Å². The number of aryl methyl sites for hydroxylation is 1. The summed E-state index contributed by atoms with van der Waals surface area (Å²) in [4.78, 5) is 25.3. The van der Waals surface area contributed by atoms with Crippen molar-refractivity contribution in [2.45, 2.75) is 19.4 Å². The summed E-state index contributed by atoms with van der Waals surface area (Å²) in [6.07, 6.45) is 0.428. The molecule has 1 aliphatic heterocycles. The maximum absolute atomic E-state index is 12.1. The summed E-state index contributed by atoms with van der Waals surface area (Å²) in [6, 6.07) is 7.67. The van der Waals surface area contributed by atoms with Crippen molar-refractivity contribution in [3.63, 3.8) is 0 Å². The molecule has 1 aromatic carbocycles. The summed E-state index contributed by atoms with van der Waals surface area (Å²) in [7, 11) is 1.35. The van der Waals surface area contributed by atoms with Gasteiger partial charge in [-0.3, -0.25) is 9.69 Å². The van der Waals surface area contributed by atoms with Gasteiger partial charge in [-0.1, -0.05) is 29.8 Å². The van der Waals surface area contributed by atoms with Gasteiger partial charge >= 0.3 is 6.09 Å². The minimum atomic E-state index is -0.415. The Labute approximate surface area is 118 Å². The number of hydrogen-bond acceptors (Lipinski definition) is 4. The highest BCUT2D eigenvalue weighted by molar-refractivity contribution is 5.97. The van der Waals surface area contributed by atoms with Gasteiger partial charge in [0.05, 0.1) is 13.7 Å². The summed E-state index contributed by atoms with van der Waals surface area (Å²) in [5.41, 5.74) is 1.88. The molecule has 1 aromatic rings. The monoisotopic (exact) mass is 276 g/mol. The normalized spacial score (nSPS) is 18.8. The Kier molecular flexibility index (Phi) is 4.74. The number of Topliss-reactive ketones (excluding diaryl/α,β-unsaturated/α-hetero) is 1. The van der Waals surface area contributed by atoms with Crippen LogP contribution in [0.25, 0.3) is 0 Å². The van der Waals surface area contributed by atoms with Crippen LogP contribution in [0.5, 0.6) is 0 Å². The average Bonchev–Trinajstić information content (AvgIpc) is 2.86. The predicted molar refractivity (Wildman–Crippen MR) is 75.9 cm³/mol. The number of benzene rings is 1. The van der Waals surface area contributed by atoms with Crippen LogP contribution in [0.4, 0.5) is 4.79 Å². The number of hydrogen-bond donors (Lipinski definition) is 1. The quantitative estimate of drug-likeness (QED) is 0.849. The zero-order chi connectivity index (χ0) is 14.5. The third-order valence-electron chi connectivity index (χ3n) is 3.52. The molecule has 5 heteroatoms. The van der Waals surface area contributed by atoms with E-state index < -0.39 is 6.09 Å². The molecule has 0 radical (unpaired) electrons. The molecule has 20 heavy (non-hydrogen) atoms. The van der Waals surface area contributed by atoms with Gasteiger partial charge in [-0.05, 0) is 13.3 Å². The molecule has 2 rings (SSSR count). The first-order chi connectivity index (χ1) is 9.58. The largest absolute Gasteiger partial charge is 0.453 e. The minimum Gasteiger partial charge on any atom is -0.453 e. The van der Waals surface area contributed by atoms with E-state index in [1.54, 1.807) is 0 Å². The number of alkyl carbamates (subject to hydrolysis) is 1. The Bertz CT molecular complexity index is 484. The lowest BCUT2D eigenvalue weighted by atomic mass is 10.1. The van der Waals surface area contributed by atoms with Crippen molar-refractivity contribution < 1.29 is 14.3 Å². The number of nitrogens with one attached hydrogen (secondary N) is 1. The molecule has 1 atom stereocenters. The molecule has 5 nitrogen and oxygen atoms in total. The molecule has 1 fully saturated rings. The molecule has 1 heterocycles. The number of likely N-dealkylation sites (tertiary alicyclic amines) is 1. The van der Waals surface area contributed by atoms with Crippen molar-refractivity contribution in [3.05, 3.63) is 35.4 Å². The van der Waals surface area contributed by atoms with Crippen LogP contribution in [-0.2, 0) is 4.74 Å². The first kappa shape index (κ1) is 14.5. The van der Waals surface area contributed by atoms with E-state index in [1.165, 1.54) is 7.11 Å². The van der Waals surface area contributed by atoms with Crippen LogP contribution >= 0.6 is 0 Å². The van der Waals surface area contributed by atoms with E-state index in [0.717, 1.165) is 24.1 Å². The van der Waals surface area contributed by atoms with Crippen LogP contribution in [0.3, 0.4) is 0 Å². The highest BCUT2D eigenvalue weighted by Crippen LogP contribution is 2.11. The van der Waals surface area contributed by atoms with Gasteiger partial charge in [-0.2, -0.15) is 0 Å². The van der Waals surface area contributed by atoms with Crippen molar-refractivity contribution in [3.8, 4) is 0 Å². The highest BCUT2D eigenvalue weighted by Gasteiger charge is 2.25. The fourth-order valence-corrected chi connectivity index (χ4v) is 2.35. The molecule has 1 amide bonds. The van der Waals surface area contributed by atoms with E-state index >= 15 is 0 Å². The lowest BCUT2D eigenvalue weighted by Crippen LogP contribution is -2.37. The van der Waals surface area contributed by atoms with E-state index in [4.69, 9.17) is 0 Å². The van der Waals surface area contributed by atoms with Gasteiger partial charge in [0.2, 0.25) is 0 Å². The summed E-state index contributed by atoms with van der Waals surface area (Å²) >= 11 is 0. The van der Waals surface area contributed by atoms with Crippen LogP contribution in [0.15, 0.2) is 24.3 Å². The highest BCUT2D eigenvalue weighted by atomic mass is 16.5. The van der Waals surface area contributed by atoms with Crippen molar-refractivity contribution in [2.24, 2.45) is 0 Å². The second-order valence-electron chi connectivity index (χ2n) is 5.15. The third kappa shape index (κ3) is 3.81. The molecule has 0 saturated carbocycles. The topological polar surface area (TPSA) is 58.6 Å². The van der Waals surface area contributed by atoms with E-state index in [-0.39, 0.29) is 11.8 Å². The van der Waals surface area contributed by atoms with E-state index in [1.807, 2.05) is 31.2 Å². The van der Waals surface area contributed by atoms with Crippen molar-refractivity contribution >= 4 is 11.9 Å². The van der Waals surface area contributed by atoms with Crippen molar-refractivity contribution in [1.82, 2.24) is 10.2 Å². The smallest absolute Gasteiger partial charge is 0.407 e. The van der Waals surface area contributed by atoms with Crippen LogP contribution < -0.4 is 5.32 Å². The lowest BCUT2D eigenvalue weighted by molar-refractivity contribution is 0.0944. The van der Waals surface area contributed by atoms with Gasteiger partial charge in [-0.25, -0.2) is 4.79 Å². The number of carbonyl (C=O) groups is 2. The number of ether oxygens (including phenoxy) is 1. The number of ketones is 1. The Morgan fingerprint density at radius 1 is 1.35 bits per heavy atom. The molecule has 0 bridgehead atoms. The van der Waals surface area contributed by atoms with Gasteiger partial charge in [0, 0.05) is 24.7 Å². The lowest BCUT2D eigenvalue weighted by Gasteiger charge is -2.15. The zero-order valence-electron chi connectivity index (χ0n) is 11.9. The number of rotatable bonds is 4. The fourth-order valence-electron chi connectivity index (χ4n) is 2.35. The van der Waals surface area contributed by atoms with Crippen LogP contribution in [0.1, 0.15) is 22.3 Å². The Morgan fingerprint density at radius 2 is 2.05 bits per heavy atom. The Hall–Kier alpha value is -1.88. The van der Waals surface area contributed by atoms with Gasteiger partial charge < -0.3 is 10.1 Å². The molecule has 1 aliphatic rings. The Morgan fingerprint density at radius 3 is 2.70 bits per heavy atom. The molecular weight excluding hydrogens is 256 g/mol. The molecule has 0 aromatic heterocycles.